The van der Waals surface area contributed by atoms with Crippen molar-refractivity contribution in [2.75, 3.05) is 34.5 Å². The van der Waals surface area contributed by atoms with Crippen LogP contribution in [-0.2, 0) is 15.5 Å². The minimum atomic E-state index is -4.43. The molecule has 22 heavy (non-hydrogen) atoms. The Morgan fingerprint density at radius 3 is 2.68 bits per heavy atom. The fourth-order valence-electron chi connectivity index (χ4n) is 2.21. The second kappa shape index (κ2) is 6.40. The lowest BCUT2D eigenvalue weighted by Gasteiger charge is -2.29. The van der Waals surface area contributed by atoms with Crippen LogP contribution in [0.15, 0.2) is 24.4 Å². The third-order valence-electron chi connectivity index (χ3n) is 3.54. The maximum atomic E-state index is 10.8. The maximum Gasteiger partial charge on any atom is 0.474 e. The van der Waals surface area contributed by atoms with E-state index in [1.54, 1.807) is 7.11 Å². The molecule has 3 N–H and O–H groups in total. The van der Waals surface area contributed by atoms with Gasteiger partial charge in [-0.05, 0) is 23.8 Å². The molecule has 0 aliphatic heterocycles. The molecule has 0 spiro atoms. The van der Waals surface area contributed by atoms with E-state index in [9.17, 15) is 4.57 Å². The lowest BCUT2D eigenvalue weighted by Crippen LogP contribution is -2.42. The Labute approximate surface area is 129 Å². The van der Waals surface area contributed by atoms with Gasteiger partial charge in [-0.1, -0.05) is 0 Å². The average molecular weight is 329 g/mol. The fourth-order valence-corrected chi connectivity index (χ4v) is 2.67. The van der Waals surface area contributed by atoms with Crippen LogP contribution in [0.1, 0.15) is 5.56 Å². The SMILES string of the molecule is COc1ccc2[nH]cc(CC[N+](C)(C)COP(=O)(O)O)c2c1. The number of aromatic nitrogens is 1. The summed E-state index contributed by atoms with van der Waals surface area (Å²) in [6.45, 7) is 0.639. The van der Waals surface area contributed by atoms with Crippen molar-refractivity contribution in [3.63, 3.8) is 0 Å². The first-order valence-corrected chi connectivity index (χ1v) is 8.39. The largest absolute Gasteiger partial charge is 0.497 e. The number of phosphoric acid groups is 1. The number of rotatable bonds is 7. The highest BCUT2D eigenvalue weighted by molar-refractivity contribution is 7.46. The molecule has 1 aromatic heterocycles. The third kappa shape index (κ3) is 4.56. The van der Waals surface area contributed by atoms with Crippen LogP contribution in [-0.4, -0.2) is 53.7 Å². The molecule has 0 fully saturated rings. The van der Waals surface area contributed by atoms with Crippen LogP contribution in [0, 0.1) is 0 Å². The van der Waals surface area contributed by atoms with Gasteiger partial charge in [0.1, 0.15) is 5.75 Å². The molecule has 0 aliphatic rings. The molecule has 2 aromatic rings. The fraction of sp³-hybridized carbons (Fsp3) is 0.429. The van der Waals surface area contributed by atoms with Gasteiger partial charge >= 0.3 is 7.82 Å². The minimum absolute atomic E-state index is 0.0457. The van der Waals surface area contributed by atoms with Crippen molar-refractivity contribution in [2.45, 2.75) is 6.42 Å². The number of phosphoric ester groups is 1. The number of nitrogens with zero attached hydrogens (tertiary/aromatic N) is 1. The van der Waals surface area contributed by atoms with Gasteiger partial charge in [0.05, 0.1) is 27.7 Å². The van der Waals surface area contributed by atoms with Gasteiger partial charge in [-0.2, -0.15) is 0 Å². The Morgan fingerprint density at radius 2 is 2.05 bits per heavy atom. The number of nitrogens with one attached hydrogen (secondary N) is 1. The molecule has 1 aromatic carbocycles. The molecular formula is C14H22N2O5P+. The Kier molecular flexibility index (Phi) is 4.94. The number of H-pyrrole nitrogens is 1. The molecule has 0 aliphatic carbocycles. The normalized spacial score (nSPS) is 12.8. The number of fused-ring (bicyclic) bond motifs is 1. The van der Waals surface area contributed by atoms with Crippen LogP contribution in [0.25, 0.3) is 10.9 Å². The Bertz CT molecular complexity index is 692. The lowest BCUT2D eigenvalue weighted by molar-refractivity contribution is -0.906. The Hall–Kier alpha value is -1.37. The Morgan fingerprint density at radius 1 is 1.32 bits per heavy atom. The predicted molar refractivity (Wildman–Crippen MR) is 83.5 cm³/mol. The van der Waals surface area contributed by atoms with Gasteiger partial charge < -0.3 is 24.0 Å². The number of aromatic amines is 1. The monoisotopic (exact) mass is 329 g/mol. The topological polar surface area (TPSA) is 91.8 Å². The van der Waals surface area contributed by atoms with Crippen molar-refractivity contribution in [1.82, 2.24) is 4.98 Å². The number of quaternary nitrogens is 1. The number of likely N-dealkylation sites (N-methyl/N-ethyl adjacent to an activating group) is 1. The first-order chi connectivity index (χ1) is 10.2. The second-order valence-electron chi connectivity index (χ2n) is 5.88. The van der Waals surface area contributed by atoms with E-state index in [0.717, 1.165) is 28.6 Å². The van der Waals surface area contributed by atoms with Crippen LogP contribution >= 0.6 is 7.82 Å². The van der Waals surface area contributed by atoms with Gasteiger partial charge in [0.2, 0.25) is 0 Å². The van der Waals surface area contributed by atoms with E-state index in [1.165, 1.54) is 0 Å². The summed E-state index contributed by atoms with van der Waals surface area (Å²) in [4.78, 5) is 20.8. The van der Waals surface area contributed by atoms with E-state index in [2.05, 4.69) is 9.51 Å². The van der Waals surface area contributed by atoms with Gasteiger partial charge in [-0.3, -0.25) is 0 Å². The molecule has 0 atom stereocenters. The zero-order valence-corrected chi connectivity index (χ0v) is 13.8. The first-order valence-electron chi connectivity index (χ1n) is 6.86. The lowest BCUT2D eigenvalue weighted by atomic mass is 10.1. The van der Waals surface area contributed by atoms with Crippen LogP contribution in [0.3, 0.4) is 0 Å². The Balaban J connectivity index is 2.06. The molecule has 1 heterocycles. The van der Waals surface area contributed by atoms with Crippen molar-refractivity contribution >= 4 is 18.7 Å². The maximum absolute atomic E-state index is 10.8. The average Bonchev–Trinajstić information content (AvgIpc) is 2.85. The number of methoxy groups -OCH3 is 1. The molecule has 0 unspecified atom stereocenters. The minimum Gasteiger partial charge on any atom is -0.497 e. The van der Waals surface area contributed by atoms with Crippen LogP contribution in [0.2, 0.25) is 0 Å². The quantitative estimate of drug-likeness (QED) is 0.410. The molecule has 2 rings (SSSR count). The number of hydrogen-bond donors (Lipinski definition) is 3. The van der Waals surface area contributed by atoms with E-state index in [1.807, 2.05) is 38.5 Å². The zero-order chi connectivity index (χ0) is 16.4. The van der Waals surface area contributed by atoms with Gasteiger partial charge in [0.25, 0.3) is 0 Å². The van der Waals surface area contributed by atoms with Crippen molar-refractivity contribution < 1.29 is 28.1 Å². The highest BCUT2D eigenvalue weighted by atomic mass is 31.2. The van der Waals surface area contributed by atoms with Gasteiger partial charge in [0.15, 0.2) is 6.73 Å². The van der Waals surface area contributed by atoms with Gasteiger partial charge in [-0.25, -0.2) is 9.09 Å². The number of hydrogen-bond acceptors (Lipinski definition) is 3. The van der Waals surface area contributed by atoms with E-state index in [-0.39, 0.29) is 6.73 Å². The summed E-state index contributed by atoms with van der Waals surface area (Å²) in [6, 6.07) is 5.85. The van der Waals surface area contributed by atoms with Gasteiger partial charge in [-0.15, -0.1) is 0 Å². The van der Waals surface area contributed by atoms with E-state index >= 15 is 0 Å². The summed E-state index contributed by atoms with van der Waals surface area (Å²) in [7, 11) is 0.930. The molecular weight excluding hydrogens is 307 g/mol. The second-order valence-corrected chi connectivity index (χ2v) is 7.12. The predicted octanol–water partition coefficient (Wildman–Crippen LogP) is 1.86. The zero-order valence-electron chi connectivity index (χ0n) is 12.9. The molecule has 0 saturated heterocycles. The molecule has 0 saturated carbocycles. The number of benzene rings is 1. The van der Waals surface area contributed by atoms with Crippen LogP contribution in [0.4, 0.5) is 0 Å². The van der Waals surface area contributed by atoms with Crippen molar-refractivity contribution in [3.05, 3.63) is 30.0 Å². The van der Waals surface area contributed by atoms with E-state index in [0.29, 0.717) is 11.0 Å². The molecule has 122 valence electrons. The van der Waals surface area contributed by atoms with Crippen LogP contribution < -0.4 is 4.74 Å². The third-order valence-corrected chi connectivity index (χ3v) is 3.99. The van der Waals surface area contributed by atoms with Crippen molar-refractivity contribution in [3.8, 4) is 5.75 Å². The molecule has 0 amide bonds. The standard InChI is InChI=1S/C14H21N2O5P/c1-16(2,10-21-22(17,18)19)7-6-11-9-15-14-5-4-12(20-3)8-13(11)14/h4-5,8-9,15H,6-7,10H2,1-3H3,(H-,17,18,19)/p+1. The summed E-state index contributed by atoms with van der Waals surface area (Å²) in [5, 5.41) is 1.09. The highest BCUT2D eigenvalue weighted by Crippen LogP contribution is 2.36. The van der Waals surface area contributed by atoms with Gasteiger partial charge in [0, 0.05) is 23.5 Å². The molecule has 0 bridgehead atoms. The first kappa shape index (κ1) is 17.0. The summed E-state index contributed by atoms with van der Waals surface area (Å²) in [5.41, 5.74) is 2.17. The smallest absolute Gasteiger partial charge is 0.474 e. The highest BCUT2D eigenvalue weighted by Gasteiger charge is 2.23. The molecule has 0 radical (unpaired) electrons. The summed E-state index contributed by atoms with van der Waals surface area (Å²) in [6.07, 6.45) is 2.71. The molecule has 8 heteroatoms. The summed E-state index contributed by atoms with van der Waals surface area (Å²) < 4.78 is 21.0. The van der Waals surface area contributed by atoms with E-state index < -0.39 is 7.82 Å². The van der Waals surface area contributed by atoms with E-state index in [4.69, 9.17) is 14.5 Å². The van der Waals surface area contributed by atoms with Crippen LogP contribution in [0.5, 0.6) is 5.75 Å². The van der Waals surface area contributed by atoms with Crippen molar-refractivity contribution in [1.29, 1.82) is 0 Å². The number of ether oxygens (including phenoxy) is 1. The summed E-state index contributed by atoms with van der Waals surface area (Å²) >= 11 is 0. The molecule has 7 nitrogen and oxygen atoms in total. The van der Waals surface area contributed by atoms with Crippen molar-refractivity contribution in [2.24, 2.45) is 0 Å². The summed E-state index contributed by atoms with van der Waals surface area (Å²) in [5.74, 6) is 0.798.